The highest BCUT2D eigenvalue weighted by Crippen LogP contribution is 2.31. The van der Waals surface area contributed by atoms with Gasteiger partial charge in [0.15, 0.2) is 0 Å². The Labute approximate surface area is 108 Å². The van der Waals surface area contributed by atoms with Crippen molar-refractivity contribution < 1.29 is 4.79 Å². The SMILES string of the molecule is CCc1cc(C(=O)NCCC2CC2)cc(NC)n1. The molecule has 1 aromatic rings. The lowest BCUT2D eigenvalue weighted by Gasteiger charge is -2.08. The van der Waals surface area contributed by atoms with Crippen molar-refractivity contribution in [3.05, 3.63) is 23.4 Å². The summed E-state index contributed by atoms with van der Waals surface area (Å²) in [6, 6.07) is 3.67. The highest BCUT2D eigenvalue weighted by Gasteiger charge is 2.20. The predicted octanol–water partition coefficient (Wildman–Crippen LogP) is 2.22. The molecule has 2 N–H and O–H groups in total. The summed E-state index contributed by atoms with van der Waals surface area (Å²) < 4.78 is 0. The van der Waals surface area contributed by atoms with Crippen molar-refractivity contribution in [2.45, 2.75) is 32.6 Å². The van der Waals surface area contributed by atoms with E-state index in [1.54, 1.807) is 6.07 Å². The van der Waals surface area contributed by atoms with Crippen LogP contribution in [0.4, 0.5) is 5.82 Å². The number of nitrogens with one attached hydrogen (secondary N) is 2. The number of pyridine rings is 1. The predicted molar refractivity (Wildman–Crippen MR) is 72.8 cm³/mol. The lowest BCUT2D eigenvalue weighted by Crippen LogP contribution is -2.25. The second kappa shape index (κ2) is 5.85. The van der Waals surface area contributed by atoms with Crippen molar-refractivity contribution in [2.75, 3.05) is 18.9 Å². The Hall–Kier alpha value is -1.58. The number of aromatic nitrogens is 1. The molecular formula is C14H21N3O. The number of hydrogen-bond acceptors (Lipinski definition) is 3. The number of nitrogens with zero attached hydrogens (tertiary/aromatic N) is 1. The summed E-state index contributed by atoms with van der Waals surface area (Å²) >= 11 is 0. The van der Waals surface area contributed by atoms with E-state index in [0.717, 1.165) is 36.8 Å². The van der Waals surface area contributed by atoms with Gasteiger partial charge in [-0.2, -0.15) is 0 Å². The normalized spacial score (nSPS) is 14.3. The van der Waals surface area contributed by atoms with E-state index in [4.69, 9.17) is 0 Å². The quantitative estimate of drug-likeness (QED) is 0.810. The van der Waals surface area contributed by atoms with Crippen LogP contribution in [0.3, 0.4) is 0 Å². The number of rotatable bonds is 6. The van der Waals surface area contributed by atoms with Gasteiger partial charge in [0.1, 0.15) is 5.82 Å². The van der Waals surface area contributed by atoms with Gasteiger partial charge in [-0.15, -0.1) is 0 Å². The van der Waals surface area contributed by atoms with Crippen LogP contribution in [0.25, 0.3) is 0 Å². The van der Waals surface area contributed by atoms with Crippen molar-refractivity contribution >= 4 is 11.7 Å². The smallest absolute Gasteiger partial charge is 0.251 e. The monoisotopic (exact) mass is 247 g/mol. The molecule has 0 unspecified atom stereocenters. The number of amides is 1. The van der Waals surface area contributed by atoms with Crippen LogP contribution >= 0.6 is 0 Å². The van der Waals surface area contributed by atoms with Crippen LogP contribution < -0.4 is 10.6 Å². The molecule has 98 valence electrons. The van der Waals surface area contributed by atoms with Crippen LogP contribution in [0, 0.1) is 5.92 Å². The maximum absolute atomic E-state index is 12.0. The van der Waals surface area contributed by atoms with E-state index >= 15 is 0 Å². The number of carbonyl (C=O) groups is 1. The van der Waals surface area contributed by atoms with Gasteiger partial charge < -0.3 is 10.6 Å². The summed E-state index contributed by atoms with van der Waals surface area (Å²) in [5, 5.41) is 5.97. The minimum atomic E-state index is 0.00394. The summed E-state index contributed by atoms with van der Waals surface area (Å²) in [7, 11) is 1.82. The van der Waals surface area contributed by atoms with Gasteiger partial charge in [0.2, 0.25) is 0 Å². The molecule has 4 heteroatoms. The first-order valence-corrected chi connectivity index (χ1v) is 6.69. The summed E-state index contributed by atoms with van der Waals surface area (Å²) in [5.74, 6) is 1.60. The van der Waals surface area contributed by atoms with Crippen LogP contribution in [-0.4, -0.2) is 24.5 Å². The summed E-state index contributed by atoms with van der Waals surface area (Å²) in [6.07, 6.45) is 4.60. The van der Waals surface area contributed by atoms with E-state index in [-0.39, 0.29) is 5.91 Å². The Kier molecular flexibility index (Phi) is 4.18. The zero-order chi connectivity index (χ0) is 13.0. The Morgan fingerprint density at radius 2 is 2.22 bits per heavy atom. The molecule has 0 aromatic carbocycles. The van der Waals surface area contributed by atoms with E-state index in [1.807, 2.05) is 20.0 Å². The third-order valence-electron chi connectivity index (χ3n) is 3.29. The van der Waals surface area contributed by atoms with Crippen molar-refractivity contribution in [1.82, 2.24) is 10.3 Å². The third-order valence-corrected chi connectivity index (χ3v) is 3.29. The van der Waals surface area contributed by atoms with Gasteiger partial charge in [0, 0.05) is 24.8 Å². The average Bonchev–Trinajstić information content (AvgIpc) is 3.22. The molecule has 0 spiro atoms. The molecule has 1 aliphatic carbocycles. The van der Waals surface area contributed by atoms with Crippen molar-refractivity contribution in [1.29, 1.82) is 0 Å². The van der Waals surface area contributed by atoms with Gasteiger partial charge in [0.05, 0.1) is 0 Å². The Morgan fingerprint density at radius 1 is 1.44 bits per heavy atom. The molecule has 1 saturated carbocycles. The minimum Gasteiger partial charge on any atom is -0.373 e. The Morgan fingerprint density at radius 3 is 2.83 bits per heavy atom. The van der Waals surface area contributed by atoms with Gasteiger partial charge in [-0.25, -0.2) is 4.98 Å². The molecule has 0 bridgehead atoms. The van der Waals surface area contributed by atoms with Gasteiger partial charge in [0.25, 0.3) is 5.91 Å². The lowest BCUT2D eigenvalue weighted by molar-refractivity contribution is 0.0952. The Bertz CT molecular complexity index is 405. The molecule has 0 radical (unpaired) electrons. The fourth-order valence-corrected chi connectivity index (χ4v) is 1.93. The molecule has 1 heterocycles. The molecule has 0 atom stereocenters. The second-order valence-corrected chi connectivity index (χ2v) is 4.82. The first kappa shape index (κ1) is 12.9. The van der Waals surface area contributed by atoms with E-state index in [9.17, 15) is 4.79 Å². The number of hydrogen-bond donors (Lipinski definition) is 2. The van der Waals surface area contributed by atoms with Crippen molar-refractivity contribution in [3.63, 3.8) is 0 Å². The first-order valence-electron chi connectivity index (χ1n) is 6.69. The summed E-state index contributed by atoms with van der Waals surface area (Å²) in [5.41, 5.74) is 1.64. The van der Waals surface area contributed by atoms with E-state index < -0.39 is 0 Å². The molecule has 0 saturated heterocycles. The molecule has 1 aromatic heterocycles. The molecule has 2 rings (SSSR count). The van der Waals surface area contributed by atoms with Gasteiger partial charge in [-0.3, -0.25) is 4.79 Å². The summed E-state index contributed by atoms with van der Waals surface area (Å²) in [6.45, 7) is 2.82. The minimum absolute atomic E-state index is 0.00394. The first-order chi connectivity index (χ1) is 8.72. The lowest BCUT2D eigenvalue weighted by atomic mass is 10.1. The molecule has 18 heavy (non-hydrogen) atoms. The topological polar surface area (TPSA) is 54.0 Å². The fraction of sp³-hybridized carbons (Fsp3) is 0.571. The Balaban J connectivity index is 1.98. The molecule has 1 amide bonds. The fourth-order valence-electron chi connectivity index (χ4n) is 1.93. The van der Waals surface area contributed by atoms with Gasteiger partial charge in [-0.05, 0) is 30.9 Å². The van der Waals surface area contributed by atoms with E-state index in [2.05, 4.69) is 15.6 Å². The van der Waals surface area contributed by atoms with Crippen LogP contribution in [0.5, 0.6) is 0 Å². The number of anilines is 1. The maximum atomic E-state index is 12.0. The zero-order valence-corrected chi connectivity index (χ0v) is 11.1. The van der Waals surface area contributed by atoms with Gasteiger partial charge >= 0.3 is 0 Å². The molecule has 1 fully saturated rings. The third kappa shape index (κ3) is 3.45. The van der Waals surface area contributed by atoms with Crippen molar-refractivity contribution in [2.24, 2.45) is 5.92 Å². The second-order valence-electron chi connectivity index (χ2n) is 4.82. The van der Waals surface area contributed by atoms with E-state index in [0.29, 0.717) is 5.56 Å². The van der Waals surface area contributed by atoms with Crippen LogP contribution in [0.1, 0.15) is 42.2 Å². The molecule has 1 aliphatic rings. The number of aryl methyl sites for hydroxylation is 1. The summed E-state index contributed by atoms with van der Waals surface area (Å²) in [4.78, 5) is 16.4. The van der Waals surface area contributed by atoms with Crippen LogP contribution in [0.15, 0.2) is 12.1 Å². The number of carbonyl (C=O) groups excluding carboxylic acids is 1. The highest BCUT2D eigenvalue weighted by atomic mass is 16.1. The average molecular weight is 247 g/mol. The van der Waals surface area contributed by atoms with E-state index in [1.165, 1.54) is 12.8 Å². The van der Waals surface area contributed by atoms with Crippen molar-refractivity contribution in [3.8, 4) is 0 Å². The van der Waals surface area contributed by atoms with Crippen LogP contribution in [-0.2, 0) is 6.42 Å². The molecular weight excluding hydrogens is 226 g/mol. The van der Waals surface area contributed by atoms with Crippen LogP contribution in [0.2, 0.25) is 0 Å². The molecule has 4 nitrogen and oxygen atoms in total. The highest BCUT2D eigenvalue weighted by molar-refractivity contribution is 5.95. The zero-order valence-electron chi connectivity index (χ0n) is 11.1. The van der Waals surface area contributed by atoms with Gasteiger partial charge in [-0.1, -0.05) is 19.8 Å². The largest absolute Gasteiger partial charge is 0.373 e. The standard InChI is InChI=1S/C14H21N3O/c1-3-12-8-11(9-13(15-2)17-12)14(18)16-7-6-10-4-5-10/h8-10H,3-7H2,1-2H3,(H,15,17)(H,16,18). The molecule has 0 aliphatic heterocycles. The maximum Gasteiger partial charge on any atom is 0.251 e.